The normalized spacial score (nSPS) is 13.2. The molecule has 0 amide bonds. The summed E-state index contributed by atoms with van der Waals surface area (Å²) in [6.45, 7) is 5.81. The maximum absolute atomic E-state index is 12.4. The first-order valence-electron chi connectivity index (χ1n) is 6.53. The largest absolute Gasteiger partial charge is 0.465 e. The number of rotatable bonds is 6. The summed E-state index contributed by atoms with van der Waals surface area (Å²) in [6.07, 6.45) is 0.678. The number of nitrogens with one attached hydrogen (secondary N) is 1. The van der Waals surface area contributed by atoms with E-state index < -0.39 is 16.0 Å². The Balaban J connectivity index is 3.19. The maximum Gasteiger partial charge on any atom is 0.339 e. The third kappa shape index (κ3) is 3.80. The monoisotopic (exact) mass is 299 g/mol. The van der Waals surface area contributed by atoms with Crippen molar-refractivity contribution in [3.05, 3.63) is 29.8 Å². The molecule has 112 valence electrons. The van der Waals surface area contributed by atoms with Crippen molar-refractivity contribution in [1.29, 1.82) is 0 Å². The van der Waals surface area contributed by atoms with Crippen LogP contribution in [-0.4, -0.2) is 27.5 Å². The van der Waals surface area contributed by atoms with Crippen molar-refractivity contribution in [3.63, 3.8) is 0 Å². The minimum atomic E-state index is -3.75. The summed E-state index contributed by atoms with van der Waals surface area (Å²) < 4.78 is 32.1. The summed E-state index contributed by atoms with van der Waals surface area (Å²) >= 11 is 0. The summed E-state index contributed by atoms with van der Waals surface area (Å²) in [4.78, 5) is 11.6. The molecule has 5 nitrogen and oxygen atoms in total. The van der Waals surface area contributed by atoms with E-state index in [9.17, 15) is 13.2 Å². The molecule has 0 saturated heterocycles. The number of sulfonamides is 1. The molecule has 0 aliphatic carbocycles. The Kier molecular flexibility index (Phi) is 5.71. The van der Waals surface area contributed by atoms with Gasteiger partial charge in [0.2, 0.25) is 10.0 Å². The Morgan fingerprint density at radius 1 is 1.30 bits per heavy atom. The Morgan fingerprint density at radius 3 is 2.40 bits per heavy atom. The maximum atomic E-state index is 12.4. The molecule has 0 aliphatic rings. The van der Waals surface area contributed by atoms with Crippen LogP contribution in [-0.2, 0) is 14.8 Å². The highest BCUT2D eigenvalue weighted by Crippen LogP contribution is 2.18. The van der Waals surface area contributed by atoms with Crippen LogP contribution in [0.1, 0.15) is 37.6 Å². The van der Waals surface area contributed by atoms with Crippen molar-refractivity contribution in [2.24, 2.45) is 5.92 Å². The van der Waals surface area contributed by atoms with Gasteiger partial charge in [0.05, 0.1) is 17.6 Å². The van der Waals surface area contributed by atoms with Crippen LogP contribution < -0.4 is 4.72 Å². The highest BCUT2D eigenvalue weighted by molar-refractivity contribution is 7.89. The van der Waals surface area contributed by atoms with Gasteiger partial charge in [-0.2, -0.15) is 0 Å². The second-order valence-electron chi connectivity index (χ2n) is 4.87. The van der Waals surface area contributed by atoms with Crippen molar-refractivity contribution in [3.8, 4) is 0 Å². The second-order valence-corrected chi connectivity index (χ2v) is 6.55. The van der Waals surface area contributed by atoms with E-state index in [0.29, 0.717) is 6.42 Å². The van der Waals surface area contributed by atoms with Gasteiger partial charge in [-0.05, 0) is 24.5 Å². The summed E-state index contributed by atoms with van der Waals surface area (Å²) in [6, 6.07) is 5.85. The van der Waals surface area contributed by atoms with Gasteiger partial charge in [0.1, 0.15) is 0 Å². The number of benzene rings is 1. The van der Waals surface area contributed by atoms with Gasteiger partial charge in [0.15, 0.2) is 0 Å². The van der Waals surface area contributed by atoms with E-state index in [-0.39, 0.29) is 22.4 Å². The third-order valence-electron chi connectivity index (χ3n) is 3.13. The molecule has 1 N–H and O–H groups in total. The SMILES string of the molecule is CCC(NS(=O)(=O)c1ccccc1C(=O)OC)C(C)C. The molecule has 6 heteroatoms. The van der Waals surface area contributed by atoms with E-state index in [1.807, 2.05) is 20.8 Å². The van der Waals surface area contributed by atoms with Gasteiger partial charge in [-0.15, -0.1) is 0 Å². The van der Waals surface area contributed by atoms with Crippen LogP contribution in [0.4, 0.5) is 0 Å². The van der Waals surface area contributed by atoms with Gasteiger partial charge in [-0.1, -0.05) is 32.9 Å². The highest BCUT2D eigenvalue weighted by atomic mass is 32.2. The summed E-state index contributed by atoms with van der Waals surface area (Å²) in [5.74, 6) is -0.497. The molecule has 1 aromatic carbocycles. The number of carbonyl (C=O) groups excluding carboxylic acids is 1. The van der Waals surface area contributed by atoms with Gasteiger partial charge in [-0.3, -0.25) is 0 Å². The molecule has 0 spiro atoms. The zero-order valence-corrected chi connectivity index (χ0v) is 13.0. The molecule has 0 aliphatic heterocycles. The molecule has 0 aromatic heterocycles. The van der Waals surface area contributed by atoms with E-state index in [4.69, 9.17) is 0 Å². The van der Waals surface area contributed by atoms with E-state index in [0.717, 1.165) is 0 Å². The molecule has 1 aromatic rings. The Hall–Kier alpha value is -1.40. The highest BCUT2D eigenvalue weighted by Gasteiger charge is 2.25. The lowest BCUT2D eigenvalue weighted by Gasteiger charge is -2.21. The Bertz CT molecular complexity index is 566. The molecule has 0 heterocycles. The average Bonchev–Trinajstić information content (AvgIpc) is 2.43. The summed E-state index contributed by atoms with van der Waals surface area (Å²) in [7, 11) is -2.53. The van der Waals surface area contributed by atoms with Gasteiger partial charge in [0.25, 0.3) is 0 Å². The lowest BCUT2D eigenvalue weighted by molar-refractivity contribution is 0.0596. The third-order valence-corrected chi connectivity index (χ3v) is 4.68. The van der Waals surface area contributed by atoms with Crippen LogP contribution in [0, 0.1) is 5.92 Å². The fraction of sp³-hybridized carbons (Fsp3) is 0.500. The molecule has 0 bridgehead atoms. The van der Waals surface area contributed by atoms with Crippen molar-refractivity contribution in [1.82, 2.24) is 4.72 Å². The van der Waals surface area contributed by atoms with Gasteiger partial charge in [-0.25, -0.2) is 17.9 Å². The first-order chi connectivity index (χ1) is 9.33. The van der Waals surface area contributed by atoms with Crippen LogP contribution in [0.3, 0.4) is 0 Å². The van der Waals surface area contributed by atoms with Crippen molar-refractivity contribution in [2.75, 3.05) is 7.11 Å². The molecule has 1 rings (SSSR count). The van der Waals surface area contributed by atoms with E-state index >= 15 is 0 Å². The molecule has 1 unspecified atom stereocenters. The molecule has 1 atom stereocenters. The van der Waals surface area contributed by atoms with E-state index in [1.165, 1.54) is 19.2 Å². The second kappa shape index (κ2) is 6.85. The quantitative estimate of drug-likeness (QED) is 0.817. The number of ether oxygens (including phenoxy) is 1. The predicted molar refractivity (Wildman–Crippen MR) is 77.0 cm³/mol. The molecule has 0 saturated carbocycles. The Morgan fingerprint density at radius 2 is 1.90 bits per heavy atom. The van der Waals surface area contributed by atoms with Crippen molar-refractivity contribution < 1.29 is 17.9 Å². The van der Waals surface area contributed by atoms with Gasteiger partial charge < -0.3 is 4.74 Å². The van der Waals surface area contributed by atoms with E-state index in [2.05, 4.69) is 9.46 Å². The number of methoxy groups -OCH3 is 1. The van der Waals surface area contributed by atoms with E-state index in [1.54, 1.807) is 12.1 Å². The van der Waals surface area contributed by atoms with Crippen molar-refractivity contribution >= 4 is 16.0 Å². The van der Waals surface area contributed by atoms with Crippen LogP contribution in [0.25, 0.3) is 0 Å². The minimum Gasteiger partial charge on any atom is -0.465 e. The zero-order chi connectivity index (χ0) is 15.3. The number of carbonyl (C=O) groups is 1. The molecular weight excluding hydrogens is 278 g/mol. The minimum absolute atomic E-state index is 0.0427. The smallest absolute Gasteiger partial charge is 0.339 e. The topological polar surface area (TPSA) is 72.5 Å². The lowest BCUT2D eigenvalue weighted by Crippen LogP contribution is -2.38. The first kappa shape index (κ1) is 16.7. The van der Waals surface area contributed by atoms with Crippen LogP contribution in [0.15, 0.2) is 29.2 Å². The Labute approximate surface area is 120 Å². The predicted octanol–water partition coefficient (Wildman–Crippen LogP) is 2.19. The zero-order valence-electron chi connectivity index (χ0n) is 12.2. The number of hydrogen-bond acceptors (Lipinski definition) is 4. The number of hydrogen-bond donors (Lipinski definition) is 1. The van der Waals surface area contributed by atoms with Crippen LogP contribution >= 0.6 is 0 Å². The first-order valence-corrected chi connectivity index (χ1v) is 8.01. The van der Waals surface area contributed by atoms with Crippen molar-refractivity contribution in [2.45, 2.75) is 38.1 Å². The lowest BCUT2D eigenvalue weighted by atomic mass is 10.0. The molecule has 0 radical (unpaired) electrons. The molecular formula is C14H21NO4S. The standard InChI is InChI=1S/C14H21NO4S/c1-5-12(10(2)3)15-20(17,18)13-9-7-6-8-11(13)14(16)19-4/h6-10,12,15H,5H2,1-4H3. The molecule has 0 fully saturated rings. The summed E-state index contributed by atoms with van der Waals surface area (Å²) in [5.41, 5.74) is 0.0427. The van der Waals surface area contributed by atoms with Crippen LogP contribution in [0.2, 0.25) is 0 Å². The number of esters is 1. The fourth-order valence-corrected chi connectivity index (χ4v) is 3.60. The molecule has 20 heavy (non-hydrogen) atoms. The van der Waals surface area contributed by atoms with Gasteiger partial charge in [0, 0.05) is 6.04 Å². The van der Waals surface area contributed by atoms with Crippen LogP contribution in [0.5, 0.6) is 0 Å². The van der Waals surface area contributed by atoms with Gasteiger partial charge >= 0.3 is 5.97 Å². The summed E-state index contributed by atoms with van der Waals surface area (Å²) in [5, 5.41) is 0. The fourth-order valence-electron chi connectivity index (χ4n) is 1.93. The average molecular weight is 299 g/mol.